The lowest BCUT2D eigenvalue weighted by Crippen LogP contribution is -2.04. The van der Waals surface area contributed by atoms with Crippen LogP contribution in [0.3, 0.4) is 0 Å². The van der Waals surface area contributed by atoms with Crippen molar-refractivity contribution in [3.05, 3.63) is 52.1 Å². The number of hydrogen-bond donors (Lipinski definition) is 1. The molecular formula is C14H14Cl2N2O. The van der Waals surface area contributed by atoms with Gasteiger partial charge in [0.15, 0.2) is 0 Å². The van der Waals surface area contributed by atoms with Crippen molar-refractivity contribution in [2.45, 2.75) is 13.5 Å². The van der Waals surface area contributed by atoms with Crippen LogP contribution in [0.25, 0.3) is 0 Å². The zero-order valence-electron chi connectivity index (χ0n) is 10.5. The average molecular weight is 297 g/mol. The summed E-state index contributed by atoms with van der Waals surface area (Å²) in [7, 11) is 0. The van der Waals surface area contributed by atoms with E-state index >= 15 is 0 Å². The molecule has 1 aromatic carbocycles. The Labute approximate surface area is 122 Å². The number of halogens is 2. The molecule has 100 valence electrons. The first kappa shape index (κ1) is 14.0. The van der Waals surface area contributed by atoms with Crippen LogP contribution in [-0.4, -0.2) is 11.6 Å². The second-order valence-electron chi connectivity index (χ2n) is 3.88. The molecule has 0 saturated heterocycles. The van der Waals surface area contributed by atoms with Crippen LogP contribution < -0.4 is 10.1 Å². The Morgan fingerprint density at radius 1 is 1.26 bits per heavy atom. The van der Waals surface area contributed by atoms with Gasteiger partial charge in [0, 0.05) is 22.8 Å². The van der Waals surface area contributed by atoms with Gasteiger partial charge in [-0.2, -0.15) is 0 Å². The third-order valence-electron chi connectivity index (χ3n) is 2.53. The largest absolute Gasteiger partial charge is 0.476 e. The van der Waals surface area contributed by atoms with Crippen molar-refractivity contribution in [1.29, 1.82) is 0 Å². The molecule has 0 spiro atoms. The van der Waals surface area contributed by atoms with E-state index in [0.29, 0.717) is 29.1 Å². The number of hydrogen-bond acceptors (Lipinski definition) is 3. The van der Waals surface area contributed by atoms with Crippen molar-refractivity contribution in [3.8, 4) is 5.88 Å². The van der Waals surface area contributed by atoms with Crippen LogP contribution in [0.5, 0.6) is 5.88 Å². The fraction of sp³-hybridized carbons (Fsp3) is 0.214. The summed E-state index contributed by atoms with van der Waals surface area (Å²) in [5, 5.41) is 4.60. The van der Waals surface area contributed by atoms with Gasteiger partial charge < -0.3 is 10.1 Å². The topological polar surface area (TPSA) is 34.1 Å². The SMILES string of the molecule is CCOc1ncccc1NCc1cc(Cl)ccc1Cl. The lowest BCUT2D eigenvalue weighted by molar-refractivity contribution is 0.328. The van der Waals surface area contributed by atoms with Gasteiger partial charge in [0.1, 0.15) is 0 Å². The van der Waals surface area contributed by atoms with Crippen LogP contribution in [0.2, 0.25) is 10.0 Å². The first-order valence-electron chi connectivity index (χ1n) is 5.96. The summed E-state index contributed by atoms with van der Waals surface area (Å²) < 4.78 is 5.45. The zero-order chi connectivity index (χ0) is 13.7. The van der Waals surface area contributed by atoms with Gasteiger partial charge in [0.2, 0.25) is 5.88 Å². The molecule has 0 aliphatic heterocycles. The molecule has 0 bridgehead atoms. The standard InChI is InChI=1S/C14H14Cl2N2O/c1-2-19-14-13(4-3-7-17-14)18-9-10-8-11(15)5-6-12(10)16/h3-8,18H,2,9H2,1H3. The molecule has 2 rings (SSSR count). The first-order valence-corrected chi connectivity index (χ1v) is 6.72. The number of nitrogens with zero attached hydrogens (tertiary/aromatic N) is 1. The maximum absolute atomic E-state index is 6.12. The Kier molecular flexibility index (Phi) is 4.88. The summed E-state index contributed by atoms with van der Waals surface area (Å²) >= 11 is 12.1. The predicted octanol–water partition coefficient (Wildman–Crippen LogP) is 4.40. The van der Waals surface area contributed by atoms with Gasteiger partial charge in [-0.3, -0.25) is 0 Å². The highest BCUT2D eigenvalue weighted by Gasteiger charge is 2.05. The van der Waals surface area contributed by atoms with E-state index in [4.69, 9.17) is 27.9 Å². The molecule has 0 fully saturated rings. The summed E-state index contributed by atoms with van der Waals surface area (Å²) in [5.41, 5.74) is 1.76. The van der Waals surface area contributed by atoms with Gasteiger partial charge in [-0.05, 0) is 42.8 Å². The third-order valence-corrected chi connectivity index (χ3v) is 3.13. The number of benzene rings is 1. The summed E-state index contributed by atoms with van der Waals surface area (Å²) in [6.07, 6.45) is 1.70. The van der Waals surface area contributed by atoms with Crippen molar-refractivity contribution in [3.63, 3.8) is 0 Å². The maximum Gasteiger partial charge on any atom is 0.237 e. The highest BCUT2D eigenvalue weighted by molar-refractivity contribution is 6.33. The van der Waals surface area contributed by atoms with Gasteiger partial charge in [-0.15, -0.1) is 0 Å². The fourth-order valence-corrected chi connectivity index (χ4v) is 2.03. The van der Waals surface area contributed by atoms with Crippen LogP contribution >= 0.6 is 23.2 Å². The van der Waals surface area contributed by atoms with E-state index in [9.17, 15) is 0 Å². The molecule has 0 unspecified atom stereocenters. The van der Waals surface area contributed by atoms with Crippen molar-refractivity contribution in [2.75, 3.05) is 11.9 Å². The number of rotatable bonds is 5. The highest BCUT2D eigenvalue weighted by atomic mass is 35.5. The Hall–Kier alpha value is -1.45. The molecule has 19 heavy (non-hydrogen) atoms. The van der Waals surface area contributed by atoms with E-state index in [0.717, 1.165) is 11.3 Å². The van der Waals surface area contributed by atoms with Crippen molar-refractivity contribution in [1.82, 2.24) is 4.98 Å². The van der Waals surface area contributed by atoms with Gasteiger partial charge in [0.25, 0.3) is 0 Å². The molecule has 1 N–H and O–H groups in total. The number of anilines is 1. The third kappa shape index (κ3) is 3.75. The number of aromatic nitrogens is 1. The molecule has 0 saturated carbocycles. The summed E-state index contributed by atoms with van der Waals surface area (Å²) in [4.78, 5) is 4.18. The summed E-state index contributed by atoms with van der Waals surface area (Å²) in [6, 6.07) is 9.16. The van der Waals surface area contributed by atoms with Gasteiger partial charge in [0.05, 0.1) is 12.3 Å². The molecule has 2 aromatic rings. The summed E-state index contributed by atoms with van der Waals surface area (Å²) in [5.74, 6) is 0.586. The Morgan fingerprint density at radius 2 is 2.11 bits per heavy atom. The minimum Gasteiger partial charge on any atom is -0.476 e. The number of ether oxygens (including phenoxy) is 1. The normalized spacial score (nSPS) is 10.3. The Balaban J connectivity index is 2.12. The molecule has 0 aliphatic rings. The minimum atomic E-state index is 0.561. The molecule has 0 atom stereocenters. The minimum absolute atomic E-state index is 0.561. The van der Waals surface area contributed by atoms with Crippen molar-refractivity contribution < 1.29 is 4.74 Å². The predicted molar refractivity (Wildman–Crippen MR) is 79.2 cm³/mol. The van der Waals surface area contributed by atoms with Gasteiger partial charge in [-0.25, -0.2) is 4.98 Å². The highest BCUT2D eigenvalue weighted by Crippen LogP contribution is 2.24. The van der Waals surface area contributed by atoms with E-state index < -0.39 is 0 Å². The molecule has 5 heteroatoms. The summed E-state index contributed by atoms with van der Waals surface area (Å²) in [6.45, 7) is 3.06. The van der Waals surface area contributed by atoms with Crippen LogP contribution in [0.4, 0.5) is 5.69 Å². The second-order valence-corrected chi connectivity index (χ2v) is 4.72. The van der Waals surface area contributed by atoms with E-state index in [1.807, 2.05) is 25.1 Å². The number of pyridine rings is 1. The number of nitrogens with one attached hydrogen (secondary N) is 1. The molecule has 0 radical (unpaired) electrons. The molecule has 0 amide bonds. The average Bonchev–Trinajstić information content (AvgIpc) is 2.42. The van der Waals surface area contributed by atoms with E-state index in [-0.39, 0.29) is 0 Å². The molecular weight excluding hydrogens is 283 g/mol. The van der Waals surface area contributed by atoms with E-state index in [1.165, 1.54) is 0 Å². The first-order chi connectivity index (χ1) is 9.20. The van der Waals surface area contributed by atoms with Crippen molar-refractivity contribution in [2.24, 2.45) is 0 Å². The van der Waals surface area contributed by atoms with Crippen molar-refractivity contribution >= 4 is 28.9 Å². The second kappa shape index (κ2) is 6.64. The fourth-order valence-electron chi connectivity index (χ4n) is 1.65. The van der Waals surface area contributed by atoms with E-state index in [2.05, 4.69) is 10.3 Å². The van der Waals surface area contributed by atoms with Crippen LogP contribution in [0.15, 0.2) is 36.5 Å². The molecule has 0 aliphatic carbocycles. The lowest BCUT2D eigenvalue weighted by atomic mass is 10.2. The maximum atomic E-state index is 6.12. The van der Waals surface area contributed by atoms with Crippen LogP contribution in [0.1, 0.15) is 12.5 Å². The van der Waals surface area contributed by atoms with Gasteiger partial charge in [-0.1, -0.05) is 23.2 Å². The van der Waals surface area contributed by atoms with E-state index in [1.54, 1.807) is 18.3 Å². The molecule has 1 heterocycles. The monoisotopic (exact) mass is 296 g/mol. The zero-order valence-corrected chi connectivity index (χ0v) is 12.0. The van der Waals surface area contributed by atoms with Crippen LogP contribution in [-0.2, 0) is 6.54 Å². The lowest BCUT2D eigenvalue weighted by Gasteiger charge is -2.12. The Morgan fingerprint density at radius 3 is 2.89 bits per heavy atom. The molecule has 3 nitrogen and oxygen atoms in total. The molecule has 1 aromatic heterocycles. The quantitative estimate of drug-likeness (QED) is 0.888. The van der Waals surface area contributed by atoms with Gasteiger partial charge >= 0.3 is 0 Å². The van der Waals surface area contributed by atoms with Crippen LogP contribution in [0, 0.1) is 0 Å². The Bertz CT molecular complexity index is 561. The smallest absolute Gasteiger partial charge is 0.237 e.